The fraction of sp³-hybridized carbons (Fsp3) is 0.375. The summed E-state index contributed by atoms with van der Waals surface area (Å²) in [6.07, 6.45) is -8.07. The maximum Gasteiger partial charge on any atom is 0.418 e. The minimum absolute atomic E-state index is 0.265. The second kappa shape index (κ2) is 3.63. The van der Waals surface area contributed by atoms with Gasteiger partial charge in [0.15, 0.2) is 0 Å². The predicted octanol–water partition coefficient (Wildman–Crippen LogP) is 3.05. The zero-order chi connectivity index (χ0) is 11.8. The molecular formula is C8H6F5NO. The van der Waals surface area contributed by atoms with Gasteiger partial charge in [0.2, 0.25) is 0 Å². The van der Waals surface area contributed by atoms with Crippen LogP contribution in [0.1, 0.15) is 23.2 Å². The fourth-order valence-electron chi connectivity index (χ4n) is 1.06. The molecule has 0 saturated heterocycles. The molecule has 0 aliphatic rings. The maximum absolute atomic E-state index is 12.3. The van der Waals surface area contributed by atoms with Crippen LogP contribution in [-0.2, 0) is 6.18 Å². The summed E-state index contributed by atoms with van der Waals surface area (Å²) < 4.78 is 61.3. The summed E-state index contributed by atoms with van der Waals surface area (Å²) in [5.74, 6) is -1.11. The van der Waals surface area contributed by atoms with Crippen molar-refractivity contribution in [2.75, 3.05) is 0 Å². The van der Waals surface area contributed by atoms with Crippen molar-refractivity contribution in [2.45, 2.75) is 19.5 Å². The summed E-state index contributed by atoms with van der Waals surface area (Å²) in [7, 11) is 0. The van der Waals surface area contributed by atoms with E-state index in [9.17, 15) is 22.0 Å². The van der Waals surface area contributed by atoms with E-state index in [4.69, 9.17) is 5.11 Å². The van der Waals surface area contributed by atoms with E-state index in [-0.39, 0.29) is 11.9 Å². The second-order valence-corrected chi connectivity index (χ2v) is 2.82. The number of pyridine rings is 1. The third-order valence-electron chi connectivity index (χ3n) is 1.80. The summed E-state index contributed by atoms with van der Waals surface area (Å²) in [5, 5.41) is 9.07. The Morgan fingerprint density at radius 3 is 2.27 bits per heavy atom. The predicted molar refractivity (Wildman–Crippen MR) is 40.6 cm³/mol. The van der Waals surface area contributed by atoms with Gasteiger partial charge in [0.1, 0.15) is 5.75 Å². The molecule has 7 heteroatoms. The third-order valence-corrected chi connectivity index (χ3v) is 1.80. The molecule has 0 saturated carbocycles. The number of nitrogens with zero attached hydrogens (tertiary/aromatic N) is 1. The van der Waals surface area contributed by atoms with E-state index in [2.05, 4.69) is 4.98 Å². The average Bonchev–Trinajstić information content (AvgIpc) is 2.06. The van der Waals surface area contributed by atoms with E-state index < -0.39 is 29.5 Å². The normalized spacial score (nSPS) is 12.2. The van der Waals surface area contributed by atoms with E-state index in [0.717, 1.165) is 6.92 Å². The van der Waals surface area contributed by atoms with E-state index in [1.807, 2.05) is 0 Å². The first-order valence-electron chi connectivity index (χ1n) is 3.79. The zero-order valence-electron chi connectivity index (χ0n) is 7.44. The van der Waals surface area contributed by atoms with E-state index in [1.165, 1.54) is 0 Å². The fourth-order valence-corrected chi connectivity index (χ4v) is 1.06. The number of halogens is 5. The van der Waals surface area contributed by atoms with Crippen molar-refractivity contribution in [3.05, 3.63) is 23.0 Å². The molecule has 1 heterocycles. The first-order valence-corrected chi connectivity index (χ1v) is 3.79. The monoisotopic (exact) mass is 227 g/mol. The van der Waals surface area contributed by atoms with Gasteiger partial charge in [-0.3, -0.25) is 4.98 Å². The molecule has 15 heavy (non-hydrogen) atoms. The van der Waals surface area contributed by atoms with Crippen LogP contribution in [0.3, 0.4) is 0 Å². The number of alkyl halides is 5. The molecule has 0 spiro atoms. The topological polar surface area (TPSA) is 33.1 Å². The molecule has 0 unspecified atom stereocenters. The summed E-state index contributed by atoms with van der Waals surface area (Å²) in [6.45, 7) is 1.14. The van der Waals surface area contributed by atoms with Crippen molar-refractivity contribution in [2.24, 2.45) is 0 Å². The first kappa shape index (κ1) is 11.7. The van der Waals surface area contributed by atoms with Crippen molar-refractivity contribution in [1.82, 2.24) is 4.98 Å². The minimum Gasteiger partial charge on any atom is -0.506 e. The molecule has 0 radical (unpaired) electrons. The van der Waals surface area contributed by atoms with E-state index >= 15 is 0 Å². The van der Waals surface area contributed by atoms with Gasteiger partial charge in [-0.2, -0.15) is 13.2 Å². The van der Waals surface area contributed by atoms with Gasteiger partial charge in [-0.15, -0.1) is 0 Å². The molecule has 0 aliphatic heterocycles. The number of hydrogen-bond acceptors (Lipinski definition) is 2. The lowest BCUT2D eigenvalue weighted by Gasteiger charge is -2.14. The van der Waals surface area contributed by atoms with Crippen LogP contribution in [0.4, 0.5) is 22.0 Å². The Bertz CT molecular complexity index is 374. The molecule has 1 aromatic rings. The van der Waals surface area contributed by atoms with Crippen LogP contribution in [0.15, 0.2) is 6.20 Å². The summed E-state index contributed by atoms with van der Waals surface area (Å²) in [5.41, 5.74) is -3.30. The molecule has 2 nitrogen and oxygen atoms in total. The Balaban J connectivity index is 3.47. The number of aromatic hydroxyl groups is 1. The summed E-state index contributed by atoms with van der Waals surface area (Å²) >= 11 is 0. The van der Waals surface area contributed by atoms with Gasteiger partial charge in [0, 0.05) is 6.20 Å². The van der Waals surface area contributed by atoms with Crippen molar-refractivity contribution < 1.29 is 27.1 Å². The third kappa shape index (κ3) is 2.16. The van der Waals surface area contributed by atoms with Gasteiger partial charge in [-0.1, -0.05) is 0 Å². The quantitative estimate of drug-likeness (QED) is 0.748. The lowest BCUT2D eigenvalue weighted by atomic mass is 10.1. The molecule has 0 atom stereocenters. The summed E-state index contributed by atoms with van der Waals surface area (Å²) in [4.78, 5) is 3.18. The van der Waals surface area contributed by atoms with Gasteiger partial charge in [-0.25, -0.2) is 8.78 Å². The standard InChI is InChI=1S/C8H6F5NO/c1-3-6(15)5(7(9)10)4(2-14-3)8(11,12)13/h2,7,15H,1H3. The van der Waals surface area contributed by atoms with E-state index in [0.29, 0.717) is 0 Å². The Hall–Kier alpha value is -1.40. The molecule has 84 valence electrons. The van der Waals surface area contributed by atoms with Crippen LogP contribution in [0.25, 0.3) is 0 Å². The Kier molecular flexibility index (Phi) is 2.83. The number of rotatable bonds is 1. The SMILES string of the molecule is Cc1ncc(C(F)(F)F)c(C(F)F)c1O. The maximum atomic E-state index is 12.3. The van der Waals surface area contributed by atoms with Gasteiger partial charge in [0.25, 0.3) is 6.43 Å². The molecule has 0 aromatic carbocycles. The van der Waals surface area contributed by atoms with Crippen molar-refractivity contribution >= 4 is 0 Å². The lowest BCUT2D eigenvalue weighted by molar-refractivity contribution is -0.140. The zero-order valence-corrected chi connectivity index (χ0v) is 7.44. The first-order chi connectivity index (χ1) is 6.75. The molecule has 0 fully saturated rings. The van der Waals surface area contributed by atoms with Crippen molar-refractivity contribution in [1.29, 1.82) is 0 Å². The number of aromatic nitrogens is 1. The van der Waals surface area contributed by atoms with Gasteiger partial charge in [0.05, 0.1) is 16.8 Å². The highest BCUT2D eigenvalue weighted by Gasteiger charge is 2.38. The molecule has 0 amide bonds. The average molecular weight is 227 g/mol. The second-order valence-electron chi connectivity index (χ2n) is 2.82. The van der Waals surface area contributed by atoms with Crippen molar-refractivity contribution in [3.8, 4) is 5.75 Å². The Morgan fingerprint density at radius 2 is 1.87 bits per heavy atom. The molecular weight excluding hydrogens is 221 g/mol. The van der Waals surface area contributed by atoms with Crippen LogP contribution < -0.4 is 0 Å². The Labute approximate surface area is 81.4 Å². The highest BCUT2D eigenvalue weighted by atomic mass is 19.4. The minimum atomic E-state index is -4.95. The number of aryl methyl sites for hydroxylation is 1. The van der Waals surface area contributed by atoms with Gasteiger partial charge < -0.3 is 5.11 Å². The van der Waals surface area contributed by atoms with Gasteiger partial charge in [-0.05, 0) is 6.92 Å². The molecule has 0 bridgehead atoms. The summed E-state index contributed by atoms with van der Waals surface area (Å²) in [6, 6.07) is 0. The van der Waals surface area contributed by atoms with Crippen LogP contribution in [0.2, 0.25) is 0 Å². The Morgan fingerprint density at radius 1 is 1.33 bits per heavy atom. The molecule has 1 aromatic heterocycles. The highest BCUT2D eigenvalue weighted by Crippen LogP contribution is 2.40. The highest BCUT2D eigenvalue weighted by molar-refractivity contribution is 5.42. The number of hydrogen-bond donors (Lipinski definition) is 1. The lowest BCUT2D eigenvalue weighted by Crippen LogP contribution is -2.11. The van der Waals surface area contributed by atoms with E-state index in [1.54, 1.807) is 0 Å². The molecule has 1 rings (SSSR count). The van der Waals surface area contributed by atoms with Crippen LogP contribution in [0, 0.1) is 6.92 Å². The largest absolute Gasteiger partial charge is 0.506 e. The smallest absolute Gasteiger partial charge is 0.418 e. The molecule has 0 aliphatic carbocycles. The van der Waals surface area contributed by atoms with Crippen LogP contribution in [0.5, 0.6) is 5.75 Å². The van der Waals surface area contributed by atoms with Gasteiger partial charge >= 0.3 is 6.18 Å². The molecule has 1 N–H and O–H groups in total. The van der Waals surface area contributed by atoms with Crippen LogP contribution >= 0.6 is 0 Å². The van der Waals surface area contributed by atoms with Crippen molar-refractivity contribution in [3.63, 3.8) is 0 Å². The van der Waals surface area contributed by atoms with Crippen LogP contribution in [-0.4, -0.2) is 10.1 Å².